The van der Waals surface area contributed by atoms with Crippen LogP contribution in [0.15, 0.2) is 42.5 Å². The Kier molecular flexibility index (Phi) is 9.51. The summed E-state index contributed by atoms with van der Waals surface area (Å²) in [5.41, 5.74) is 7.91. The SMILES string of the molecule is CC(C)C[C@H](NC(=O)[C@H](CCCNC(=N)N[N+](=O)[O-])N(C(N)=O)c1ccc2ccccc2c1)B1O[C@@H]2C[C@@H]3C[C@@H](C3(C)C)[C@]2(C)O1. The summed E-state index contributed by atoms with van der Waals surface area (Å²) in [6.45, 7) is 11.0. The maximum Gasteiger partial charge on any atom is 0.481 e. The van der Waals surface area contributed by atoms with Crippen molar-refractivity contribution in [2.24, 2.45) is 28.9 Å². The van der Waals surface area contributed by atoms with Crippen LogP contribution in [0.3, 0.4) is 0 Å². The number of carbonyl (C=O) groups excluding carboxylic acids is 2. The highest BCUT2D eigenvalue weighted by Gasteiger charge is 2.68. The number of nitrogens with two attached hydrogens (primary N) is 1. The number of nitro groups is 1. The molecule has 14 heteroatoms. The van der Waals surface area contributed by atoms with E-state index in [1.165, 1.54) is 4.90 Å². The van der Waals surface area contributed by atoms with Crippen LogP contribution in [0.25, 0.3) is 10.8 Å². The quantitative estimate of drug-likeness (QED) is 0.0579. The summed E-state index contributed by atoms with van der Waals surface area (Å²) >= 11 is 0. The smallest absolute Gasteiger partial charge is 0.404 e. The number of nitrogens with one attached hydrogen (secondary N) is 4. The van der Waals surface area contributed by atoms with E-state index in [1.807, 2.05) is 36.4 Å². The van der Waals surface area contributed by atoms with Gasteiger partial charge in [-0.2, -0.15) is 0 Å². The van der Waals surface area contributed by atoms with Crippen LogP contribution in [-0.2, 0) is 14.1 Å². The molecule has 2 aromatic rings. The zero-order valence-corrected chi connectivity index (χ0v) is 27.2. The highest BCUT2D eigenvalue weighted by molar-refractivity contribution is 6.48. The first-order valence-electron chi connectivity index (χ1n) is 16.1. The van der Waals surface area contributed by atoms with Gasteiger partial charge >= 0.3 is 13.1 Å². The molecule has 2 bridgehead atoms. The van der Waals surface area contributed by atoms with Crippen molar-refractivity contribution in [3.05, 3.63) is 52.6 Å². The molecule has 1 aliphatic heterocycles. The lowest BCUT2D eigenvalue weighted by molar-refractivity contribution is -0.525. The Bertz CT molecular complexity index is 1490. The Morgan fingerprint density at radius 3 is 2.54 bits per heavy atom. The van der Waals surface area contributed by atoms with Crippen LogP contribution < -0.4 is 26.7 Å². The van der Waals surface area contributed by atoms with Crippen LogP contribution >= 0.6 is 0 Å². The van der Waals surface area contributed by atoms with E-state index in [2.05, 4.69) is 45.3 Å². The summed E-state index contributed by atoms with van der Waals surface area (Å²) < 4.78 is 13.3. The first-order chi connectivity index (χ1) is 21.7. The summed E-state index contributed by atoms with van der Waals surface area (Å²) in [5.74, 6) is -0.189. The lowest BCUT2D eigenvalue weighted by Gasteiger charge is -2.64. The van der Waals surface area contributed by atoms with E-state index < -0.39 is 47.6 Å². The van der Waals surface area contributed by atoms with E-state index in [0.29, 0.717) is 30.4 Å². The number of anilines is 1. The molecule has 4 aliphatic rings. The van der Waals surface area contributed by atoms with E-state index in [-0.39, 0.29) is 30.4 Å². The Morgan fingerprint density at radius 1 is 1.17 bits per heavy atom. The molecule has 3 amide bonds. The van der Waals surface area contributed by atoms with Gasteiger partial charge in [0.1, 0.15) is 6.04 Å². The maximum absolute atomic E-state index is 14.3. The summed E-state index contributed by atoms with van der Waals surface area (Å²) in [7, 11) is -0.643. The molecule has 4 fully saturated rings. The first kappa shape index (κ1) is 33.5. The Labute approximate surface area is 270 Å². The molecule has 6 atom stereocenters. The third-order valence-corrected chi connectivity index (χ3v) is 10.4. The lowest BCUT2D eigenvalue weighted by Crippen LogP contribution is -2.65. The summed E-state index contributed by atoms with van der Waals surface area (Å²) in [6.07, 6.45) is 3.06. The van der Waals surface area contributed by atoms with Crippen molar-refractivity contribution in [2.75, 3.05) is 11.4 Å². The van der Waals surface area contributed by atoms with Gasteiger partial charge in [-0.1, -0.05) is 63.5 Å². The number of nitrogens with zero attached hydrogens (tertiary/aromatic N) is 2. The predicted octanol–water partition coefficient (Wildman–Crippen LogP) is 3.98. The number of primary amides is 1. The third-order valence-electron chi connectivity index (χ3n) is 10.4. The number of guanidine groups is 1. The van der Waals surface area contributed by atoms with Crippen molar-refractivity contribution in [3.63, 3.8) is 0 Å². The van der Waals surface area contributed by atoms with Gasteiger partial charge in [-0.05, 0) is 85.1 Å². The molecule has 0 unspecified atom stereocenters. The van der Waals surface area contributed by atoms with Gasteiger partial charge in [0.25, 0.3) is 5.96 Å². The zero-order chi connectivity index (χ0) is 33.4. The summed E-state index contributed by atoms with van der Waals surface area (Å²) in [4.78, 5) is 39.3. The average molecular weight is 636 g/mol. The second kappa shape index (κ2) is 13.1. The van der Waals surface area contributed by atoms with E-state index >= 15 is 0 Å². The molecule has 6 rings (SSSR count). The third kappa shape index (κ3) is 6.64. The number of rotatable bonds is 12. The Hall–Kier alpha value is -3.91. The molecular weight excluding hydrogens is 589 g/mol. The number of benzene rings is 2. The largest absolute Gasteiger partial charge is 0.481 e. The number of urea groups is 1. The number of fused-ring (bicyclic) bond motifs is 1. The van der Waals surface area contributed by atoms with E-state index in [4.69, 9.17) is 20.5 Å². The molecule has 13 nitrogen and oxygen atoms in total. The number of hydrazine groups is 1. The van der Waals surface area contributed by atoms with Crippen LogP contribution in [0.2, 0.25) is 0 Å². The molecule has 0 radical (unpaired) electrons. The minimum absolute atomic E-state index is 0.0504. The molecule has 248 valence electrons. The normalized spacial score (nSPS) is 25.6. The van der Waals surface area contributed by atoms with Crippen LogP contribution in [0.4, 0.5) is 10.5 Å². The second-order valence-electron chi connectivity index (χ2n) is 14.2. The van der Waals surface area contributed by atoms with Crippen LogP contribution in [0.1, 0.15) is 66.7 Å². The number of hydrogen-bond donors (Lipinski definition) is 5. The van der Waals surface area contributed by atoms with E-state index in [9.17, 15) is 19.7 Å². The number of hydrogen-bond acceptors (Lipinski definition) is 7. The van der Waals surface area contributed by atoms with Gasteiger partial charge in [0.05, 0.1) is 17.6 Å². The zero-order valence-electron chi connectivity index (χ0n) is 27.2. The van der Waals surface area contributed by atoms with Gasteiger partial charge < -0.3 is 25.7 Å². The molecule has 1 saturated heterocycles. The molecule has 2 aromatic carbocycles. The fourth-order valence-corrected chi connectivity index (χ4v) is 7.90. The highest BCUT2D eigenvalue weighted by Crippen LogP contribution is 2.65. The second-order valence-corrected chi connectivity index (χ2v) is 14.2. The highest BCUT2D eigenvalue weighted by atomic mass is 16.7. The maximum atomic E-state index is 14.3. The molecular formula is C32H46BN7O6. The number of carbonyl (C=O) groups is 2. The van der Waals surface area contributed by atoms with Gasteiger partial charge in [0.2, 0.25) is 5.91 Å². The topological polar surface area (TPSA) is 185 Å². The van der Waals surface area contributed by atoms with E-state index in [0.717, 1.165) is 23.6 Å². The fraction of sp³-hybridized carbons (Fsp3) is 0.594. The predicted molar refractivity (Wildman–Crippen MR) is 176 cm³/mol. The minimum atomic E-state index is -1.02. The standard InChI is InChI=1S/C32H46BN7O6/c1-19(2)15-27(33-45-26-18-22-17-25(31(22,3)4)32(26,5)46-33)37-28(41)24(11-8-14-36-29(34)38-40(43)44)39(30(35)42)23-13-12-20-9-6-7-10-21(20)16-23/h6-7,9-10,12-13,16,19,22,24-27H,8,11,14-15,17-18H2,1-5H3,(H2,35,42)(H,37,41)(H3,34,36,38)/t22-,24-,25-,26+,27-,32-/m0/s1. The van der Waals surface area contributed by atoms with Crippen LogP contribution in [-0.4, -0.2) is 60.3 Å². The van der Waals surface area contributed by atoms with Crippen molar-refractivity contribution in [2.45, 2.75) is 90.4 Å². The summed E-state index contributed by atoms with van der Waals surface area (Å²) in [5, 5.41) is 25.2. The molecule has 0 aromatic heterocycles. The van der Waals surface area contributed by atoms with Crippen LogP contribution in [0, 0.1) is 38.7 Å². The fourth-order valence-electron chi connectivity index (χ4n) is 7.90. The molecule has 3 aliphatic carbocycles. The van der Waals surface area contributed by atoms with Crippen molar-refractivity contribution in [1.82, 2.24) is 16.1 Å². The van der Waals surface area contributed by atoms with Gasteiger partial charge in [0, 0.05) is 12.2 Å². The van der Waals surface area contributed by atoms with Gasteiger partial charge in [-0.25, -0.2) is 14.9 Å². The van der Waals surface area contributed by atoms with Crippen molar-refractivity contribution in [3.8, 4) is 0 Å². The van der Waals surface area contributed by atoms with Gasteiger partial charge in [0.15, 0.2) is 5.03 Å². The molecule has 46 heavy (non-hydrogen) atoms. The van der Waals surface area contributed by atoms with Crippen LogP contribution in [0.5, 0.6) is 0 Å². The van der Waals surface area contributed by atoms with Crippen molar-refractivity contribution in [1.29, 1.82) is 5.41 Å². The lowest BCUT2D eigenvalue weighted by atomic mass is 9.43. The Morgan fingerprint density at radius 2 is 1.89 bits per heavy atom. The van der Waals surface area contributed by atoms with Crippen molar-refractivity contribution < 1.29 is 23.9 Å². The first-order valence-corrected chi connectivity index (χ1v) is 16.1. The van der Waals surface area contributed by atoms with Gasteiger partial charge in [-0.3, -0.25) is 15.1 Å². The van der Waals surface area contributed by atoms with Crippen molar-refractivity contribution >= 4 is 41.5 Å². The molecule has 3 saturated carbocycles. The summed E-state index contributed by atoms with van der Waals surface area (Å²) in [6, 6.07) is 11.3. The number of amides is 3. The minimum Gasteiger partial charge on any atom is -0.404 e. The molecule has 6 N–H and O–H groups in total. The van der Waals surface area contributed by atoms with Gasteiger partial charge in [-0.15, -0.1) is 0 Å². The molecule has 0 spiro atoms. The monoisotopic (exact) mass is 635 g/mol. The average Bonchev–Trinajstić information content (AvgIpc) is 3.34. The Balaban J connectivity index is 1.39. The molecule has 1 heterocycles. The van der Waals surface area contributed by atoms with E-state index in [1.54, 1.807) is 11.5 Å².